The summed E-state index contributed by atoms with van der Waals surface area (Å²) in [6, 6.07) is 2.27. The summed E-state index contributed by atoms with van der Waals surface area (Å²) in [7, 11) is 4.21. The minimum absolute atomic E-state index is 0.136. The van der Waals surface area contributed by atoms with Crippen molar-refractivity contribution < 1.29 is 27.4 Å². The molecular weight excluding hydrogens is 393 g/mol. The minimum Gasteiger partial charge on any atom is -0.493 e. The summed E-state index contributed by atoms with van der Waals surface area (Å²) in [6.07, 6.45) is -3.43. The zero-order valence-corrected chi connectivity index (χ0v) is 16.0. The zero-order valence-electron chi connectivity index (χ0n) is 16.0. The Hall–Kier alpha value is -3.37. The lowest BCUT2D eigenvalue weighted by atomic mass is 10.2. The van der Waals surface area contributed by atoms with E-state index in [4.69, 9.17) is 14.2 Å². The van der Waals surface area contributed by atoms with E-state index in [0.717, 1.165) is 10.6 Å². The van der Waals surface area contributed by atoms with Gasteiger partial charge >= 0.3 is 6.18 Å². The predicted octanol–water partition coefficient (Wildman–Crippen LogP) is 2.59. The SMILES string of the molecule is COc1cc2c(=O)n(Cc3nc(C)cc(C(F)(F)F)n3)cnc2c(OC)c1OC. The first-order valence-electron chi connectivity index (χ1n) is 8.29. The predicted molar refractivity (Wildman–Crippen MR) is 96.5 cm³/mol. The maximum atomic E-state index is 13.0. The number of rotatable bonds is 5. The Morgan fingerprint density at radius 3 is 2.31 bits per heavy atom. The van der Waals surface area contributed by atoms with Gasteiger partial charge in [0.2, 0.25) is 5.75 Å². The molecule has 0 saturated heterocycles. The number of halogens is 3. The number of fused-ring (bicyclic) bond motifs is 1. The van der Waals surface area contributed by atoms with Crippen molar-refractivity contribution in [1.29, 1.82) is 0 Å². The molecule has 8 nitrogen and oxygen atoms in total. The lowest BCUT2D eigenvalue weighted by molar-refractivity contribution is -0.141. The van der Waals surface area contributed by atoms with Crippen molar-refractivity contribution in [3.8, 4) is 17.2 Å². The van der Waals surface area contributed by atoms with Gasteiger partial charge in [-0.2, -0.15) is 13.2 Å². The zero-order chi connectivity index (χ0) is 21.3. The van der Waals surface area contributed by atoms with Gasteiger partial charge in [-0.3, -0.25) is 9.36 Å². The van der Waals surface area contributed by atoms with Gasteiger partial charge in [-0.25, -0.2) is 15.0 Å². The van der Waals surface area contributed by atoms with E-state index in [1.807, 2.05) is 0 Å². The molecule has 0 fully saturated rings. The van der Waals surface area contributed by atoms with Gasteiger partial charge in [0.15, 0.2) is 11.5 Å². The highest BCUT2D eigenvalue weighted by molar-refractivity contribution is 5.89. The topological polar surface area (TPSA) is 88.4 Å². The summed E-state index contributed by atoms with van der Waals surface area (Å²) in [6.45, 7) is 1.13. The van der Waals surface area contributed by atoms with Gasteiger partial charge in [-0.15, -0.1) is 0 Å². The van der Waals surface area contributed by atoms with Crippen molar-refractivity contribution in [3.63, 3.8) is 0 Å². The van der Waals surface area contributed by atoms with Gasteiger partial charge in [0, 0.05) is 5.69 Å². The highest BCUT2D eigenvalue weighted by atomic mass is 19.4. The molecule has 0 N–H and O–H groups in total. The van der Waals surface area contributed by atoms with Gasteiger partial charge in [0.1, 0.15) is 17.0 Å². The Labute approximate surface area is 162 Å². The van der Waals surface area contributed by atoms with Crippen LogP contribution in [0, 0.1) is 6.92 Å². The molecule has 0 unspecified atom stereocenters. The second kappa shape index (κ2) is 7.57. The molecule has 0 radical (unpaired) electrons. The van der Waals surface area contributed by atoms with Crippen LogP contribution in [0.4, 0.5) is 13.2 Å². The fourth-order valence-corrected chi connectivity index (χ4v) is 2.88. The van der Waals surface area contributed by atoms with Crippen molar-refractivity contribution in [2.45, 2.75) is 19.6 Å². The molecule has 2 heterocycles. The quantitative estimate of drug-likeness (QED) is 0.639. The van der Waals surface area contributed by atoms with Crippen molar-refractivity contribution in [1.82, 2.24) is 19.5 Å². The van der Waals surface area contributed by atoms with E-state index in [-0.39, 0.29) is 46.2 Å². The molecule has 0 spiro atoms. The number of hydrogen-bond donors (Lipinski definition) is 0. The number of benzene rings is 1. The first kappa shape index (κ1) is 20.4. The van der Waals surface area contributed by atoms with Gasteiger partial charge in [0.05, 0.1) is 39.6 Å². The van der Waals surface area contributed by atoms with Crippen LogP contribution in [0.15, 0.2) is 23.3 Å². The van der Waals surface area contributed by atoms with E-state index in [0.29, 0.717) is 0 Å². The summed E-state index contributed by atoms with van der Waals surface area (Å²) >= 11 is 0. The minimum atomic E-state index is -4.62. The van der Waals surface area contributed by atoms with Crippen LogP contribution < -0.4 is 19.8 Å². The molecule has 11 heteroatoms. The summed E-state index contributed by atoms with van der Waals surface area (Å²) < 4.78 is 55.9. The largest absolute Gasteiger partial charge is 0.493 e. The Balaban J connectivity index is 2.14. The van der Waals surface area contributed by atoms with Crippen LogP contribution >= 0.6 is 0 Å². The number of nitrogens with zero attached hydrogens (tertiary/aromatic N) is 4. The van der Waals surface area contributed by atoms with Gasteiger partial charge < -0.3 is 14.2 Å². The van der Waals surface area contributed by atoms with Gasteiger partial charge in [-0.05, 0) is 19.1 Å². The average Bonchev–Trinajstić information content (AvgIpc) is 2.67. The Bertz CT molecular complexity index is 1130. The third-order valence-corrected chi connectivity index (χ3v) is 4.12. The Kier molecular flexibility index (Phi) is 5.31. The van der Waals surface area contributed by atoms with Crippen LogP contribution in [0.25, 0.3) is 10.9 Å². The molecule has 3 aromatic rings. The highest BCUT2D eigenvalue weighted by Gasteiger charge is 2.33. The summed E-state index contributed by atoms with van der Waals surface area (Å²) in [5, 5.41) is 0.144. The molecular formula is C18H17F3N4O4. The van der Waals surface area contributed by atoms with Crippen LogP contribution in [-0.2, 0) is 12.7 Å². The van der Waals surface area contributed by atoms with E-state index >= 15 is 0 Å². The summed E-state index contributed by atoms with van der Waals surface area (Å²) in [5.74, 6) is 0.564. The van der Waals surface area contributed by atoms with Gasteiger partial charge in [-0.1, -0.05) is 0 Å². The number of aromatic nitrogens is 4. The third kappa shape index (κ3) is 3.80. The monoisotopic (exact) mass is 410 g/mol. The summed E-state index contributed by atoms with van der Waals surface area (Å²) in [4.78, 5) is 24.7. The molecule has 2 aromatic heterocycles. The number of alkyl halides is 3. The third-order valence-electron chi connectivity index (χ3n) is 4.12. The van der Waals surface area contributed by atoms with Gasteiger partial charge in [0.25, 0.3) is 5.56 Å². The molecule has 1 aromatic carbocycles. The van der Waals surface area contributed by atoms with Crippen LogP contribution in [0.5, 0.6) is 17.2 Å². The maximum Gasteiger partial charge on any atom is 0.433 e. The molecule has 0 aliphatic rings. The van der Waals surface area contributed by atoms with Crippen molar-refractivity contribution >= 4 is 10.9 Å². The van der Waals surface area contributed by atoms with Crippen LogP contribution in [-0.4, -0.2) is 40.8 Å². The Morgan fingerprint density at radius 2 is 1.72 bits per heavy atom. The van der Waals surface area contributed by atoms with E-state index in [9.17, 15) is 18.0 Å². The average molecular weight is 410 g/mol. The molecule has 0 aliphatic heterocycles. The molecule has 0 amide bonds. The highest BCUT2D eigenvalue weighted by Crippen LogP contribution is 2.41. The molecule has 0 bridgehead atoms. The molecule has 0 atom stereocenters. The van der Waals surface area contributed by atoms with Crippen molar-refractivity contribution in [2.75, 3.05) is 21.3 Å². The second-order valence-electron chi connectivity index (χ2n) is 6.03. The number of hydrogen-bond acceptors (Lipinski definition) is 7. The number of ether oxygens (including phenoxy) is 3. The second-order valence-corrected chi connectivity index (χ2v) is 6.03. The molecule has 29 heavy (non-hydrogen) atoms. The molecule has 3 rings (SSSR count). The van der Waals surface area contributed by atoms with Crippen molar-refractivity contribution in [2.24, 2.45) is 0 Å². The van der Waals surface area contributed by atoms with Crippen LogP contribution in [0.2, 0.25) is 0 Å². The lowest BCUT2D eigenvalue weighted by Gasteiger charge is -2.15. The lowest BCUT2D eigenvalue weighted by Crippen LogP contribution is -2.23. The molecule has 154 valence electrons. The fraction of sp³-hybridized carbons (Fsp3) is 0.333. The maximum absolute atomic E-state index is 13.0. The summed E-state index contributed by atoms with van der Waals surface area (Å²) in [5.41, 5.74) is -1.23. The molecule has 0 aliphatic carbocycles. The van der Waals surface area contributed by atoms with E-state index in [2.05, 4.69) is 15.0 Å². The first-order valence-corrected chi connectivity index (χ1v) is 8.29. The van der Waals surface area contributed by atoms with E-state index in [1.54, 1.807) is 0 Å². The number of aryl methyl sites for hydroxylation is 1. The Morgan fingerprint density at radius 1 is 1.03 bits per heavy atom. The smallest absolute Gasteiger partial charge is 0.433 e. The fourth-order valence-electron chi connectivity index (χ4n) is 2.88. The normalized spacial score (nSPS) is 11.6. The first-order chi connectivity index (χ1) is 13.7. The van der Waals surface area contributed by atoms with Crippen LogP contribution in [0.3, 0.4) is 0 Å². The van der Waals surface area contributed by atoms with E-state index in [1.165, 1.54) is 40.6 Å². The van der Waals surface area contributed by atoms with E-state index < -0.39 is 17.4 Å². The number of methoxy groups -OCH3 is 3. The molecule has 0 saturated carbocycles. The van der Waals surface area contributed by atoms with Crippen LogP contribution in [0.1, 0.15) is 17.2 Å². The van der Waals surface area contributed by atoms with Crippen molar-refractivity contribution in [3.05, 3.63) is 46.0 Å². The standard InChI is InChI=1S/C18H17F3N4O4/c1-9-5-12(18(19,20)21)24-13(23-9)7-25-8-22-14-10(17(25)26)6-11(27-2)15(28-3)16(14)29-4/h5-6,8H,7H2,1-4H3.